The molecule has 2 heterocycles. The van der Waals surface area contributed by atoms with E-state index in [0.717, 1.165) is 30.9 Å². The van der Waals surface area contributed by atoms with Crippen LogP contribution in [0.2, 0.25) is 0 Å². The van der Waals surface area contributed by atoms with Gasteiger partial charge in [0.1, 0.15) is 23.8 Å². The van der Waals surface area contributed by atoms with E-state index in [1.54, 1.807) is 32.5 Å². The minimum atomic E-state index is -0.568. The summed E-state index contributed by atoms with van der Waals surface area (Å²) in [6, 6.07) is 9.40. The molecular weight excluding hydrogens is 346 g/mol. The third kappa shape index (κ3) is 4.61. The largest absolute Gasteiger partial charge is 0.493 e. The summed E-state index contributed by atoms with van der Waals surface area (Å²) >= 11 is 0. The molecule has 7 heteroatoms. The van der Waals surface area contributed by atoms with Crippen molar-refractivity contribution in [2.75, 3.05) is 39.7 Å². The van der Waals surface area contributed by atoms with Crippen molar-refractivity contribution in [2.24, 2.45) is 0 Å². The number of nitrogens with one attached hydrogen (secondary N) is 1. The number of hydrogen-bond donors (Lipinski definition) is 2. The molecule has 0 aliphatic carbocycles. The third-order valence-electron chi connectivity index (χ3n) is 4.77. The number of β-amino-alcohol motifs (C(OH)–C–C–N with tert-alkyl or cyclic N) is 1. The van der Waals surface area contributed by atoms with Gasteiger partial charge in [0.05, 0.1) is 14.2 Å². The van der Waals surface area contributed by atoms with Crippen LogP contribution in [0.3, 0.4) is 0 Å². The number of ether oxygens (including phenoxy) is 3. The Morgan fingerprint density at radius 1 is 1.22 bits per heavy atom. The standard InChI is InChI=1S/C20H27N3O4/c1-21-20-14(5-4-9-22-20)12-23-10-8-17(16(24)13-23)27-15-6-7-18(25-2)19(11-15)26-3/h4-7,9,11,16-17,24H,8,10,12-13H2,1-3H3,(H,21,22)/t16-,17-/m1/s1. The lowest BCUT2D eigenvalue weighted by Gasteiger charge is -2.36. The second kappa shape index (κ2) is 8.92. The van der Waals surface area contributed by atoms with E-state index < -0.39 is 6.10 Å². The van der Waals surface area contributed by atoms with Crippen molar-refractivity contribution >= 4 is 5.82 Å². The maximum Gasteiger partial charge on any atom is 0.164 e. The second-order valence-corrected chi connectivity index (χ2v) is 6.53. The fourth-order valence-corrected chi connectivity index (χ4v) is 3.35. The Kier molecular flexibility index (Phi) is 6.36. The molecule has 0 unspecified atom stereocenters. The zero-order chi connectivity index (χ0) is 19.2. The summed E-state index contributed by atoms with van der Waals surface area (Å²) < 4.78 is 16.6. The average molecular weight is 373 g/mol. The Labute approximate surface area is 159 Å². The van der Waals surface area contributed by atoms with Crippen molar-refractivity contribution in [1.29, 1.82) is 0 Å². The molecule has 2 aromatic rings. The highest BCUT2D eigenvalue weighted by Gasteiger charge is 2.29. The molecule has 0 bridgehead atoms. The van der Waals surface area contributed by atoms with E-state index in [-0.39, 0.29) is 6.10 Å². The molecule has 0 saturated carbocycles. The van der Waals surface area contributed by atoms with Crippen molar-refractivity contribution in [3.05, 3.63) is 42.1 Å². The molecule has 0 radical (unpaired) electrons. The van der Waals surface area contributed by atoms with Crippen LogP contribution in [0, 0.1) is 0 Å². The highest BCUT2D eigenvalue weighted by atomic mass is 16.5. The summed E-state index contributed by atoms with van der Waals surface area (Å²) in [6.07, 6.45) is 1.69. The van der Waals surface area contributed by atoms with Gasteiger partial charge in [-0.15, -0.1) is 0 Å². The van der Waals surface area contributed by atoms with Crippen molar-refractivity contribution in [3.63, 3.8) is 0 Å². The Hall–Kier alpha value is -2.51. The molecule has 27 heavy (non-hydrogen) atoms. The molecule has 2 N–H and O–H groups in total. The quantitative estimate of drug-likeness (QED) is 0.770. The third-order valence-corrected chi connectivity index (χ3v) is 4.77. The van der Waals surface area contributed by atoms with Gasteiger partial charge >= 0.3 is 0 Å². The molecular formula is C20H27N3O4. The summed E-state index contributed by atoms with van der Waals surface area (Å²) in [7, 11) is 5.05. The van der Waals surface area contributed by atoms with Crippen LogP contribution in [0.15, 0.2) is 36.5 Å². The summed E-state index contributed by atoms with van der Waals surface area (Å²) in [5.74, 6) is 2.79. The van der Waals surface area contributed by atoms with Crippen molar-refractivity contribution in [1.82, 2.24) is 9.88 Å². The summed E-state index contributed by atoms with van der Waals surface area (Å²) in [4.78, 5) is 6.56. The number of anilines is 1. The number of pyridine rings is 1. The first-order chi connectivity index (χ1) is 13.1. The molecule has 1 fully saturated rings. The predicted octanol–water partition coefficient (Wildman–Crippen LogP) is 2.15. The Bertz CT molecular complexity index is 756. The number of aliphatic hydroxyl groups excluding tert-OH is 1. The van der Waals surface area contributed by atoms with E-state index in [0.29, 0.717) is 23.8 Å². The molecule has 1 aliphatic rings. The van der Waals surface area contributed by atoms with Gasteiger partial charge in [-0.05, 0) is 24.6 Å². The molecule has 1 saturated heterocycles. The van der Waals surface area contributed by atoms with Gasteiger partial charge in [-0.1, -0.05) is 6.07 Å². The van der Waals surface area contributed by atoms with Gasteiger partial charge in [-0.2, -0.15) is 0 Å². The maximum atomic E-state index is 10.6. The Morgan fingerprint density at radius 2 is 2.04 bits per heavy atom. The summed E-state index contributed by atoms with van der Waals surface area (Å²) in [5.41, 5.74) is 1.12. The first-order valence-electron chi connectivity index (χ1n) is 9.05. The Morgan fingerprint density at radius 3 is 2.74 bits per heavy atom. The van der Waals surface area contributed by atoms with E-state index >= 15 is 0 Å². The predicted molar refractivity (Wildman–Crippen MR) is 104 cm³/mol. The highest BCUT2D eigenvalue weighted by Crippen LogP contribution is 2.32. The van der Waals surface area contributed by atoms with Gasteiger partial charge in [0, 0.05) is 44.5 Å². The number of aromatic nitrogens is 1. The average Bonchev–Trinajstić information content (AvgIpc) is 2.70. The normalized spacial score (nSPS) is 20.1. The fourth-order valence-electron chi connectivity index (χ4n) is 3.35. The molecule has 0 amide bonds. The van der Waals surface area contributed by atoms with Gasteiger partial charge in [0.15, 0.2) is 11.5 Å². The summed E-state index contributed by atoms with van der Waals surface area (Å²) in [5, 5.41) is 13.7. The molecule has 1 aromatic heterocycles. The number of rotatable bonds is 7. The SMILES string of the molecule is CNc1ncccc1CN1CC[C@@H](Oc2ccc(OC)c(OC)c2)[C@H](O)C1. The Balaban J connectivity index is 1.60. The maximum absolute atomic E-state index is 10.6. The number of nitrogens with zero attached hydrogens (tertiary/aromatic N) is 2. The molecule has 1 aromatic carbocycles. The van der Waals surface area contributed by atoms with Gasteiger partial charge < -0.3 is 24.6 Å². The molecule has 7 nitrogen and oxygen atoms in total. The van der Waals surface area contributed by atoms with Crippen LogP contribution in [0.4, 0.5) is 5.82 Å². The first-order valence-corrected chi connectivity index (χ1v) is 9.05. The topological polar surface area (TPSA) is 76.1 Å². The number of benzene rings is 1. The number of hydrogen-bond acceptors (Lipinski definition) is 7. The molecule has 0 spiro atoms. The van der Waals surface area contributed by atoms with Gasteiger partial charge in [-0.3, -0.25) is 4.90 Å². The first kappa shape index (κ1) is 19.3. The zero-order valence-corrected chi connectivity index (χ0v) is 16.0. The van der Waals surface area contributed by atoms with Crippen LogP contribution in [0.25, 0.3) is 0 Å². The van der Waals surface area contributed by atoms with Crippen LogP contribution in [0.5, 0.6) is 17.2 Å². The number of piperidine rings is 1. The highest BCUT2D eigenvalue weighted by molar-refractivity contribution is 5.45. The van der Waals surface area contributed by atoms with Crippen LogP contribution in [0.1, 0.15) is 12.0 Å². The summed E-state index contributed by atoms with van der Waals surface area (Å²) in [6.45, 7) is 2.13. The lowest BCUT2D eigenvalue weighted by molar-refractivity contribution is -0.0275. The van der Waals surface area contributed by atoms with Crippen LogP contribution in [-0.4, -0.2) is 61.6 Å². The van der Waals surface area contributed by atoms with Gasteiger partial charge in [0.2, 0.25) is 0 Å². The van der Waals surface area contributed by atoms with Crippen molar-refractivity contribution in [2.45, 2.75) is 25.2 Å². The van der Waals surface area contributed by atoms with E-state index in [1.165, 1.54) is 0 Å². The monoisotopic (exact) mass is 373 g/mol. The van der Waals surface area contributed by atoms with Crippen LogP contribution >= 0.6 is 0 Å². The van der Waals surface area contributed by atoms with Crippen molar-refractivity contribution < 1.29 is 19.3 Å². The number of methoxy groups -OCH3 is 2. The fraction of sp³-hybridized carbons (Fsp3) is 0.450. The van der Waals surface area contributed by atoms with Crippen LogP contribution in [-0.2, 0) is 6.54 Å². The lowest BCUT2D eigenvalue weighted by atomic mass is 10.0. The molecule has 1 aliphatic heterocycles. The van der Waals surface area contributed by atoms with Gasteiger partial charge in [0.25, 0.3) is 0 Å². The van der Waals surface area contributed by atoms with E-state index in [4.69, 9.17) is 14.2 Å². The minimum Gasteiger partial charge on any atom is -0.493 e. The number of likely N-dealkylation sites (tertiary alicyclic amines) is 1. The smallest absolute Gasteiger partial charge is 0.164 e. The number of aliphatic hydroxyl groups is 1. The lowest BCUT2D eigenvalue weighted by Crippen LogP contribution is -2.48. The molecule has 146 valence electrons. The minimum absolute atomic E-state index is 0.253. The zero-order valence-electron chi connectivity index (χ0n) is 16.0. The van der Waals surface area contributed by atoms with Crippen molar-refractivity contribution in [3.8, 4) is 17.2 Å². The van der Waals surface area contributed by atoms with E-state index in [2.05, 4.69) is 21.3 Å². The van der Waals surface area contributed by atoms with Gasteiger partial charge in [-0.25, -0.2) is 4.98 Å². The van der Waals surface area contributed by atoms with E-state index in [1.807, 2.05) is 19.2 Å². The molecule has 3 rings (SSSR count). The second-order valence-electron chi connectivity index (χ2n) is 6.53. The van der Waals surface area contributed by atoms with Crippen LogP contribution < -0.4 is 19.5 Å². The molecule has 2 atom stereocenters. The van der Waals surface area contributed by atoms with E-state index in [9.17, 15) is 5.11 Å².